The Balaban J connectivity index is 2.07. The lowest BCUT2D eigenvalue weighted by Crippen LogP contribution is -2.10. The van der Waals surface area contributed by atoms with Gasteiger partial charge in [-0.3, -0.25) is 0 Å². The molecule has 1 aromatic carbocycles. The molecule has 2 rings (SSSR count). The van der Waals surface area contributed by atoms with Crippen LogP contribution in [0, 0.1) is 5.92 Å². The third-order valence-corrected chi connectivity index (χ3v) is 3.60. The van der Waals surface area contributed by atoms with Crippen molar-refractivity contribution in [1.82, 2.24) is 0 Å². The molecule has 0 saturated heterocycles. The SMILES string of the molecule is CNc1cc(O)ccc1CC1CCCCC1. The van der Waals surface area contributed by atoms with E-state index in [0.717, 1.165) is 18.0 Å². The Labute approximate surface area is 97.7 Å². The smallest absolute Gasteiger partial charge is 0.117 e. The zero-order valence-corrected chi connectivity index (χ0v) is 10.00. The van der Waals surface area contributed by atoms with Crippen molar-refractivity contribution in [1.29, 1.82) is 0 Å². The zero-order chi connectivity index (χ0) is 11.4. The van der Waals surface area contributed by atoms with Crippen molar-refractivity contribution in [3.63, 3.8) is 0 Å². The maximum atomic E-state index is 9.43. The van der Waals surface area contributed by atoms with E-state index in [-0.39, 0.29) is 0 Å². The number of aromatic hydroxyl groups is 1. The molecule has 0 bridgehead atoms. The van der Waals surface area contributed by atoms with Crippen LogP contribution in [0.2, 0.25) is 0 Å². The van der Waals surface area contributed by atoms with E-state index in [4.69, 9.17) is 0 Å². The minimum Gasteiger partial charge on any atom is -0.508 e. The normalized spacial score (nSPS) is 17.3. The quantitative estimate of drug-likeness (QED) is 0.814. The number of anilines is 1. The van der Waals surface area contributed by atoms with E-state index >= 15 is 0 Å². The first-order valence-electron chi connectivity index (χ1n) is 6.29. The molecule has 2 N–H and O–H groups in total. The van der Waals surface area contributed by atoms with Crippen molar-refractivity contribution in [3.8, 4) is 5.75 Å². The minimum atomic E-state index is 0.344. The van der Waals surface area contributed by atoms with Gasteiger partial charge in [-0.1, -0.05) is 38.2 Å². The van der Waals surface area contributed by atoms with Crippen LogP contribution in [0.15, 0.2) is 18.2 Å². The molecule has 16 heavy (non-hydrogen) atoms. The molecular formula is C14H21NO. The van der Waals surface area contributed by atoms with Crippen LogP contribution in [0.5, 0.6) is 5.75 Å². The average Bonchev–Trinajstić information content (AvgIpc) is 2.33. The van der Waals surface area contributed by atoms with Crippen LogP contribution in [-0.4, -0.2) is 12.2 Å². The van der Waals surface area contributed by atoms with E-state index in [9.17, 15) is 5.11 Å². The predicted octanol–water partition coefficient (Wildman–Crippen LogP) is 3.56. The summed E-state index contributed by atoms with van der Waals surface area (Å²) in [5.41, 5.74) is 2.41. The molecule has 2 nitrogen and oxygen atoms in total. The van der Waals surface area contributed by atoms with E-state index in [2.05, 4.69) is 11.4 Å². The molecule has 0 spiro atoms. The van der Waals surface area contributed by atoms with Gasteiger partial charge in [0.2, 0.25) is 0 Å². The maximum Gasteiger partial charge on any atom is 0.117 e. The van der Waals surface area contributed by atoms with E-state index in [0.29, 0.717) is 5.75 Å². The molecule has 88 valence electrons. The fourth-order valence-corrected chi connectivity index (χ4v) is 2.68. The fraction of sp³-hybridized carbons (Fsp3) is 0.571. The van der Waals surface area contributed by atoms with Gasteiger partial charge in [-0.25, -0.2) is 0 Å². The Morgan fingerprint density at radius 3 is 2.69 bits per heavy atom. The zero-order valence-electron chi connectivity index (χ0n) is 10.00. The Morgan fingerprint density at radius 2 is 2.00 bits per heavy atom. The van der Waals surface area contributed by atoms with Crippen molar-refractivity contribution in [3.05, 3.63) is 23.8 Å². The van der Waals surface area contributed by atoms with Gasteiger partial charge < -0.3 is 10.4 Å². The summed E-state index contributed by atoms with van der Waals surface area (Å²) in [4.78, 5) is 0. The number of rotatable bonds is 3. The van der Waals surface area contributed by atoms with Crippen LogP contribution in [-0.2, 0) is 6.42 Å². The lowest BCUT2D eigenvalue weighted by Gasteiger charge is -2.22. The molecule has 1 fully saturated rings. The number of hydrogen-bond acceptors (Lipinski definition) is 2. The van der Waals surface area contributed by atoms with Gasteiger partial charge in [-0.05, 0) is 24.0 Å². The van der Waals surface area contributed by atoms with Crippen LogP contribution in [0.3, 0.4) is 0 Å². The summed E-state index contributed by atoms with van der Waals surface area (Å²) < 4.78 is 0. The molecule has 2 heteroatoms. The first-order chi connectivity index (χ1) is 7.79. The molecule has 0 unspecified atom stereocenters. The number of nitrogens with one attached hydrogen (secondary N) is 1. The second kappa shape index (κ2) is 5.24. The number of hydrogen-bond donors (Lipinski definition) is 2. The molecule has 0 aliphatic heterocycles. The predicted molar refractivity (Wildman–Crippen MR) is 67.9 cm³/mol. The minimum absolute atomic E-state index is 0.344. The van der Waals surface area contributed by atoms with Crippen LogP contribution in [0.25, 0.3) is 0 Å². The maximum absolute atomic E-state index is 9.43. The molecule has 1 aromatic rings. The van der Waals surface area contributed by atoms with Crippen LogP contribution < -0.4 is 5.32 Å². The number of benzene rings is 1. The highest BCUT2D eigenvalue weighted by Gasteiger charge is 2.15. The topological polar surface area (TPSA) is 32.3 Å². The number of phenolic OH excluding ortho intramolecular Hbond substituents is 1. The molecule has 1 aliphatic rings. The first kappa shape index (κ1) is 11.3. The Morgan fingerprint density at radius 1 is 1.25 bits per heavy atom. The number of phenols is 1. The standard InChI is InChI=1S/C14H21NO/c1-15-14-10-13(16)8-7-12(14)9-11-5-3-2-4-6-11/h7-8,10-11,15-16H,2-6,9H2,1H3. The lowest BCUT2D eigenvalue weighted by atomic mass is 9.84. The van der Waals surface area contributed by atoms with Gasteiger partial charge >= 0.3 is 0 Å². The highest BCUT2D eigenvalue weighted by molar-refractivity contribution is 5.54. The Bertz CT molecular complexity index is 343. The summed E-state index contributed by atoms with van der Waals surface area (Å²) in [7, 11) is 1.92. The summed E-state index contributed by atoms with van der Waals surface area (Å²) >= 11 is 0. The highest BCUT2D eigenvalue weighted by Crippen LogP contribution is 2.30. The van der Waals surface area contributed by atoms with E-state index in [1.54, 1.807) is 6.07 Å². The summed E-state index contributed by atoms with van der Waals surface area (Å²) in [6, 6.07) is 5.66. The second-order valence-electron chi connectivity index (χ2n) is 4.80. The van der Waals surface area contributed by atoms with Crippen molar-refractivity contribution < 1.29 is 5.11 Å². The van der Waals surface area contributed by atoms with E-state index < -0.39 is 0 Å². The van der Waals surface area contributed by atoms with Gasteiger partial charge in [-0.2, -0.15) is 0 Å². The Hall–Kier alpha value is -1.18. The molecule has 0 heterocycles. The summed E-state index contributed by atoms with van der Waals surface area (Å²) in [5, 5.41) is 12.6. The summed E-state index contributed by atoms with van der Waals surface area (Å²) in [6.45, 7) is 0. The third kappa shape index (κ3) is 2.69. The van der Waals surface area contributed by atoms with Crippen LogP contribution >= 0.6 is 0 Å². The van der Waals surface area contributed by atoms with Gasteiger partial charge in [0.15, 0.2) is 0 Å². The van der Waals surface area contributed by atoms with Gasteiger partial charge in [0.1, 0.15) is 5.75 Å². The highest BCUT2D eigenvalue weighted by atomic mass is 16.3. The van der Waals surface area contributed by atoms with Crippen LogP contribution in [0.4, 0.5) is 5.69 Å². The summed E-state index contributed by atoms with van der Waals surface area (Å²) in [6.07, 6.45) is 8.06. The van der Waals surface area contributed by atoms with E-state index in [1.807, 2.05) is 13.1 Å². The molecule has 0 aromatic heterocycles. The van der Waals surface area contributed by atoms with Crippen molar-refractivity contribution in [2.24, 2.45) is 5.92 Å². The lowest BCUT2D eigenvalue weighted by molar-refractivity contribution is 0.357. The summed E-state index contributed by atoms with van der Waals surface area (Å²) in [5.74, 6) is 1.18. The molecule has 1 saturated carbocycles. The average molecular weight is 219 g/mol. The molecule has 1 aliphatic carbocycles. The van der Waals surface area contributed by atoms with Crippen molar-refractivity contribution >= 4 is 5.69 Å². The van der Waals surface area contributed by atoms with Gasteiger partial charge in [0.25, 0.3) is 0 Å². The monoisotopic (exact) mass is 219 g/mol. The van der Waals surface area contributed by atoms with Gasteiger partial charge in [0.05, 0.1) is 0 Å². The molecule has 0 amide bonds. The van der Waals surface area contributed by atoms with E-state index in [1.165, 1.54) is 37.7 Å². The second-order valence-corrected chi connectivity index (χ2v) is 4.80. The first-order valence-corrected chi connectivity index (χ1v) is 6.29. The van der Waals surface area contributed by atoms with Crippen molar-refractivity contribution in [2.45, 2.75) is 38.5 Å². The third-order valence-electron chi connectivity index (χ3n) is 3.60. The largest absolute Gasteiger partial charge is 0.508 e. The molecule has 0 radical (unpaired) electrons. The van der Waals surface area contributed by atoms with Crippen LogP contribution in [0.1, 0.15) is 37.7 Å². The van der Waals surface area contributed by atoms with Gasteiger partial charge in [-0.15, -0.1) is 0 Å². The fourth-order valence-electron chi connectivity index (χ4n) is 2.68. The Kier molecular flexibility index (Phi) is 3.70. The molecule has 0 atom stereocenters. The van der Waals surface area contributed by atoms with Gasteiger partial charge in [0, 0.05) is 18.8 Å². The van der Waals surface area contributed by atoms with Crippen molar-refractivity contribution in [2.75, 3.05) is 12.4 Å². The molecular weight excluding hydrogens is 198 g/mol.